The van der Waals surface area contributed by atoms with Crippen molar-refractivity contribution in [1.29, 1.82) is 0 Å². The lowest BCUT2D eigenvalue weighted by molar-refractivity contribution is 1.10. The van der Waals surface area contributed by atoms with Crippen LogP contribution in [0.25, 0.3) is 21.8 Å². The average molecular weight is 359 g/mol. The third kappa shape index (κ3) is 2.92. The molecule has 0 radical (unpaired) electrons. The molecule has 0 saturated heterocycles. The van der Waals surface area contributed by atoms with Crippen molar-refractivity contribution in [2.75, 3.05) is 0 Å². The lowest BCUT2D eigenvalue weighted by atomic mass is 10.1. The van der Waals surface area contributed by atoms with E-state index in [9.17, 15) is 0 Å². The molecule has 2 heterocycles. The fourth-order valence-electron chi connectivity index (χ4n) is 2.33. The summed E-state index contributed by atoms with van der Waals surface area (Å²) in [4.78, 5) is 10.3. The first-order valence-electron chi connectivity index (χ1n) is 6.85. The van der Waals surface area contributed by atoms with Gasteiger partial charge in [-0.2, -0.15) is 0 Å². The minimum Gasteiger partial charge on any atom is -0.264 e. The van der Waals surface area contributed by atoms with E-state index in [1.165, 1.54) is 16.0 Å². The van der Waals surface area contributed by atoms with E-state index in [1.54, 1.807) is 11.3 Å². The Morgan fingerprint density at radius 1 is 1.24 bits per heavy atom. The average Bonchev–Trinajstić information content (AvgIpc) is 2.89. The van der Waals surface area contributed by atoms with Crippen molar-refractivity contribution >= 4 is 27.3 Å². The van der Waals surface area contributed by atoms with Gasteiger partial charge in [-0.25, -0.2) is 4.98 Å². The Morgan fingerprint density at radius 2 is 2.10 bits per heavy atom. The van der Waals surface area contributed by atoms with Crippen LogP contribution in [0.1, 0.15) is 17.4 Å². The van der Waals surface area contributed by atoms with Gasteiger partial charge < -0.3 is 0 Å². The normalized spacial score (nSPS) is 10.8. The minimum absolute atomic E-state index is 0.966. The molecule has 2 aromatic heterocycles. The molecule has 2 nitrogen and oxygen atoms in total. The van der Waals surface area contributed by atoms with Crippen LogP contribution < -0.4 is 0 Å². The highest BCUT2D eigenvalue weighted by Gasteiger charge is 2.13. The first-order valence-corrected chi connectivity index (χ1v) is 8.46. The maximum absolute atomic E-state index is 4.87. The van der Waals surface area contributed by atoms with Gasteiger partial charge in [-0.05, 0) is 37.1 Å². The number of benzene rings is 1. The van der Waals surface area contributed by atoms with E-state index in [0.29, 0.717) is 0 Å². The molecule has 0 aliphatic rings. The maximum atomic E-state index is 4.87. The summed E-state index contributed by atoms with van der Waals surface area (Å²) in [5.41, 5.74) is 4.65. The number of halogens is 1. The summed E-state index contributed by atoms with van der Waals surface area (Å²) in [7, 11) is 0. The molecule has 3 aromatic rings. The van der Waals surface area contributed by atoms with Crippen molar-refractivity contribution in [3.8, 4) is 21.8 Å². The van der Waals surface area contributed by atoms with Gasteiger partial charge in [-0.3, -0.25) is 4.98 Å². The van der Waals surface area contributed by atoms with Crippen LogP contribution in [0.3, 0.4) is 0 Å². The zero-order chi connectivity index (χ0) is 14.8. The van der Waals surface area contributed by atoms with Crippen LogP contribution in [-0.4, -0.2) is 9.97 Å². The lowest BCUT2D eigenvalue weighted by Crippen LogP contribution is -1.88. The van der Waals surface area contributed by atoms with E-state index in [1.807, 2.05) is 24.5 Å². The van der Waals surface area contributed by atoms with Crippen LogP contribution in [-0.2, 0) is 6.42 Å². The van der Waals surface area contributed by atoms with E-state index in [2.05, 4.69) is 53.0 Å². The van der Waals surface area contributed by atoms with Crippen LogP contribution in [0.5, 0.6) is 0 Å². The molecule has 0 spiro atoms. The van der Waals surface area contributed by atoms with Crippen LogP contribution >= 0.6 is 27.3 Å². The van der Waals surface area contributed by atoms with Gasteiger partial charge in [-0.1, -0.05) is 35.0 Å². The first kappa shape index (κ1) is 14.4. The van der Waals surface area contributed by atoms with Crippen LogP contribution in [0.15, 0.2) is 47.2 Å². The van der Waals surface area contributed by atoms with E-state index in [-0.39, 0.29) is 0 Å². The summed E-state index contributed by atoms with van der Waals surface area (Å²) in [6, 6.07) is 10.3. The number of aromatic nitrogens is 2. The smallest absolute Gasteiger partial charge is 0.124 e. The van der Waals surface area contributed by atoms with Crippen molar-refractivity contribution in [2.24, 2.45) is 0 Å². The Balaban J connectivity index is 2.10. The number of rotatable bonds is 3. The lowest BCUT2D eigenvalue weighted by Gasteiger charge is -2.03. The number of nitrogens with zero attached hydrogens (tertiary/aromatic N) is 2. The Kier molecular flexibility index (Phi) is 4.17. The maximum Gasteiger partial charge on any atom is 0.124 e. The van der Waals surface area contributed by atoms with Gasteiger partial charge in [0.25, 0.3) is 0 Å². The highest BCUT2D eigenvalue weighted by atomic mass is 79.9. The molecular weight excluding hydrogens is 344 g/mol. The van der Waals surface area contributed by atoms with Crippen molar-refractivity contribution in [1.82, 2.24) is 9.97 Å². The molecule has 0 bridgehead atoms. The summed E-state index contributed by atoms with van der Waals surface area (Å²) in [5, 5.41) is 1.07. The third-order valence-corrected chi connectivity index (χ3v) is 4.91. The molecule has 0 aliphatic heterocycles. The van der Waals surface area contributed by atoms with Gasteiger partial charge in [0, 0.05) is 32.9 Å². The summed E-state index contributed by atoms with van der Waals surface area (Å²) in [5.74, 6) is 0. The topological polar surface area (TPSA) is 25.8 Å². The van der Waals surface area contributed by atoms with Crippen molar-refractivity contribution < 1.29 is 0 Å². The molecule has 0 fully saturated rings. The minimum atomic E-state index is 0.966. The van der Waals surface area contributed by atoms with Crippen LogP contribution in [0.4, 0.5) is 0 Å². The monoisotopic (exact) mass is 358 g/mol. The van der Waals surface area contributed by atoms with Crippen molar-refractivity contribution in [3.05, 3.63) is 57.6 Å². The van der Waals surface area contributed by atoms with Crippen molar-refractivity contribution in [3.63, 3.8) is 0 Å². The van der Waals surface area contributed by atoms with Gasteiger partial charge in [-0.15, -0.1) is 11.3 Å². The standard InChI is InChI=1S/C17H15BrN2S/c1-3-12-10-19-8-7-15(12)17-20-16(11(2)21-17)13-5-4-6-14(18)9-13/h4-10H,3H2,1-2H3. The van der Waals surface area contributed by atoms with Gasteiger partial charge in [0.05, 0.1) is 5.69 Å². The molecule has 1 aromatic carbocycles. The highest BCUT2D eigenvalue weighted by molar-refractivity contribution is 9.10. The summed E-state index contributed by atoms with van der Waals surface area (Å²) in [6.07, 6.45) is 4.74. The largest absolute Gasteiger partial charge is 0.264 e. The SMILES string of the molecule is CCc1cnccc1-c1nc(-c2cccc(Br)c2)c(C)s1. The molecule has 0 unspecified atom stereocenters. The number of aryl methyl sites for hydroxylation is 2. The zero-order valence-corrected chi connectivity index (χ0v) is 14.3. The molecule has 0 N–H and O–H groups in total. The summed E-state index contributed by atoms with van der Waals surface area (Å²) < 4.78 is 1.08. The fraction of sp³-hybridized carbons (Fsp3) is 0.176. The van der Waals surface area contributed by atoms with Crippen molar-refractivity contribution in [2.45, 2.75) is 20.3 Å². The number of hydrogen-bond acceptors (Lipinski definition) is 3. The second-order valence-corrected chi connectivity index (χ2v) is 6.94. The third-order valence-electron chi connectivity index (χ3n) is 3.41. The molecule has 4 heteroatoms. The Hall–Kier alpha value is -1.52. The Labute approximate surface area is 137 Å². The summed E-state index contributed by atoms with van der Waals surface area (Å²) in [6.45, 7) is 4.28. The molecule has 0 atom stereocenters. The number of hydrogen-bond donors (Lipinski definition) is 0. The predicted molar refractivity (Wildman–Crippen MR) is 92.6 cm³/mol. The Morgan fingerprint density at radius 3 is 2.86 bits per heavy atom. The highest BCUT2D eigenvalue weighted by Crippen LogP contribution is 2.35. The predicted octanol–water partition coefficient (Wildman–Crippen LogP) is 5.51. The fourth-order valence-corrected chi connectivity index (χ4v) is 3.73. The van der Waals surface area contributed by atoms with Gasteiger partial charge in [0.1, 0.15) is 5.01 Å². The quantitative estimate of drug-likeness (QED) is 0.617. The van der Waals surface area contributed by atoms with Gasteiger partial charge in [0.2, 0.25) is 0 Å². The molecule has 21 heavy (non-hydrogen) atoms. The molecule has 0 saturated carbocycles. The Bertz CT molecular complexity index is 780. The van der Waals surface area contributed by atoms with Gasteiger partial charge >= 0.3 is 0 Å². The second-order valence-electron chi connectivity index (χ2n) is 4.82. The molecule has 0 amide bonds. The van der Waals surface area contributed by atoms with Gasteiger partial charge in [0.15, 0.2) is 0 Å². The zero-order valence-electron chi connectivity index (χ0n) is 11.9. The van der Waals surface area contributed by atoms with E-state index < -0.39 is 0 Å². The van der Waals surface area contributed by atoms with Crippen LogP contribution in [0.2, 0.25) is 0 Å². The first-order chi connectivity index (χ1) is 10.2. The van der Waals surface area contributed by atoms with E-state index in [0.717, 1.165) is 27.2 Å². The number of thiazole rings is 1. The molecule has 0 aliphatic carbocycles. The summed E-state index contributed by atoms with van der Waals surface area (Å²) >= 11 is 5.27. The van der Waals surface area contributed by atoms with E-state index in [4.69, 9.17) is 4.98 Å². The molecular formula is C17H15BrN2S. The van der Waals surface area contributed by atoms with E-state index >= 15 is 0 Å². The molecule has 106 valence electrons. The number of pyridine rings is 1. The van der Waals surface area contributed by atoms with Crippen LogP contribution in [0, 0.1) is 6.92 Å². The molecule has 3 rings (SSSR count). The second kappa shape index (κ2) is 6.08.